The van der Waals surface area contributed by atoms with Gasteiger partial charge in [0.05, 0.1) is 12.6 Å². The van der Waals surface area contributed by atoms with E-state index in [0.717, 1.165) is 32.2 Å². The SMILES string of the molecule is COc1ccc(C(=O)N2CC(=O)N(CC3CC3)C3(CCCCC3)C2)cc1F. The molecule has 1 aromatic carbocycles. The maximum absolute atomic E-state index is 14.0. The van der Waals surface area contributed by atoms with Crippen molar-refractivity contribution in [3.05, 3.63) is 29.6 Å². The van der Waals surface area contributed by atoms with Gasteiger partial charge in [-0.05, 0) is 49.8 Å². The zero-order valence-corrected chi connectivity index (χ0v) is 15.9. The predicted octanol–water partition coefficient (Wildman–Crippen LogP) is 3.23. The topological polar surface area (TPSA) is 49.9 Å². The van der Waals surface area contributed by atoms with E-state index in [0.29, 0.717) is 12.5 Å². The van der Waals surface area contributed by atoms with Crippen molar-refractivity contribution in [2.24, 2.45) is 5.92 Å². The van der Waals surface area contributed by atoms with E-state index in [-0.39, 0.29) is 35.2 Å². The van der Waals surface area contributed by atoms with Crippen molar-refractivity contribution in [1.82, 2.24) is 9.80 Å². The number of nitrogens with zero attached hydrogens (tertiary/aromatic N) is 2. The van der Waals surface area contributed by atoms with E-state index in [9.17, 15) is 14.0 Å². The van der Waals surface area contributed by atoms with Gasteiger partial charge in [-0.2, -0.15) is 0 Å². The van der Waals surface area contributed by atoms with Gasteiger partial charge in [-0.15, -0.1) is 0 Å². The molecule has 2 amide bonds. The highest BCUT2D eigenvalue weighted by molar-refractivity contribution is 5.97. The van der Waals surface area contributed by atoms with Crippen LogP contribution >= 0.6 is 0 Å². The van der Waals surface area contributed by atoms with E-state index in [4.69, 9.17) is 4.74 Å². The van der Waals surface area contributed by atoms with Crippen molar-refractivity contribution >= 4 is 11.8 Å². The number of halogens is 1. The van der Waals surface area contributed by atoms with E-state index in [1.165, 1.54) is 38.5 Å². The molecule has 0 N–H and O–H groups in total. The third kappa shape index (κ3) is 3.54. The summed E-state index contributed by atoms with van der Waals surface area (Å²) in [5.41, 5.74) is 0.0272. The van der Waals surface area contributed by atoms with Crippen LogP contribution < -0.4 is 4.74 Å². The van der Waals surface area contributed by atoms with Gasteiger partial charge in [0.1, 0.15) is 6.54 Å². The molecule has 146 valence electrons. The third-order valence-electron chi connectivity index (χ3n) is 6.29. The first kappa shape index (κ1) is 18.3. The molecule has 2 saturated carbocycles. The number of piperazine rings is 1. The number of ether oxygens (including phenoxy) is 1. The van der Waals surface area contributed by atoms with Gasteiger partial charge in [0.15, 0.2) is 11.6 Å². The summed E-state index contributed by atoms with van der Waals surface area (Å²) < 4.78 is 19.0. The maximum Gasteiger partial charge on any atom is 0.254 e. The molecule has 2 aliphatic carbocycles. The van der Waals surface area contributed by atoms with Gasteiger partial charge in [-0.1, -0.05) is 19.3 Å². The number of hydrogen-bond donors (Lipinski definition) is 0. The molecule has 4 rings (SSSR count). The fourth-order valence-corrected chi connectivity index (χ4v) is 4.63. The Morgan fingerprint density at radius 3 is 2.63 bits per heavy atom. The molecule has 0 unspecified atom stereocenters. The van der Waals surface area contributed by atoms with Crippen LogP contribution in [-0.2, 0) is 4.79 Å². The van der Waals surface area contributed by atoms with Crippen LogP contribution in [0, 0.1) is 11.7 Å². The Labute approximate surface area is 159 Å². The van der Waals surface area contributed by atoms with Gasteiger partial charge in [-0.25, -0.2) is 4.39 Å². The van der Waals surface area contributed by atoms with E-state index < -0.39 is 5.82 Å². The Kier molecular flexibility index (Phi) is 4.82. The number of rotatable bonds is 4. The Morgan fingerprint density at radius 2 is 2.00 bits per heavy atom. The molecule has 1 saturated heterocycles. The monoisotopic (exact) mass is 374 g/mol. The van der Waals surface area contributed by atoms with Crippen molar-refractivity contribution in [3.63, 3.8) is 0 Å². The number of amides is 2. The van der Waals surface area contributed by atoms with Crippen LogP contribution in [0.15, 0.2) is 18.2 Å². The van der Waals surface area contributed by atoms with Crippen molar-refractivity contribution in [1.29, 1.82) is 0 Å². The minimum absolute atomic E-state index is 0.0392. The lowest BCUT2D eigenvalue weighted by Crippen LogP contribution is -2.66. The first-order valence-electron chi connectivity index (χ1n) is 9.96. The maximum atomic E-state index is 14.0. The van der Waals surface area contributed by atoms with E-state index in [2.05, 4.69) is 4.90 Å². The number of benzene rings is 1. The van der Waals surface area contributed by atoms with Crippen LogP contribution in [0.5, 0.6) is 5.75 Å². The highest BCUT2D eigenvalue weighted by Crippen LogP contribution is 2.40. The van der Waals surface area contributed by atoms with Crippen LogP contribution in [0.25, 0.3) is 0 Å². The van der Waals surface area contributed by atoms with Crippen molar-refractivity contribution < 1.29 is 18.7 Å². The molecule has 3 aliphatic rings. The largest absolute Gasteiger partial charge is 0.494 e. The Balaban J connectivity index is 1.57. The zero-order valence-electron chi connectivity index (χ0n) is 15.9. The molecule has 6 heteroatoms. The molecule has 3 fully saturated rings. The molecule has 0 aromatic heterocycles. The van der Waals surface area contributed by atoms with E-state index in [1.54, 1.807) is 11.0 Å². The Morgan fingerprint density at radius 1 is 1.26 bits per heavy atom. The number of carbonyl (C=O) groups is 2. The minimum Gasteiger partial charge on any atom is -0.494 e. The van der Waals surface area contributed by atoms with Crippen LogP contribution in [0.2, 0.25) is 0 Å². The first-order chi connectivity index (χ1) is 13.0. The number of hydrogen-bond acceptors (Lipinski definition) is 3. The molecule has 1 aromatic rings. The van der Waals surface area contributed by atoms with Gasteiger partial charge in [0, 0.05) is 18.7 Å². The van der Waals surface area contributed by atoms with E-state index in [1.807, 2.05) is 0 Å². The van der Waals surface area contributed by atoms with Gasteiger partial charge < -0.3 is 14.5 Å². The lowest BCUT2D eigenvalue weighted by atomic mass is 9.78. The molecule has 5 nitrogen and oxygen atoms in total. The van der Waals surface area contributed by atoms with Crippen LogP contribution in [0.1, 0.15) is 55.3 Å². The minimum atomic E-state index is -0.561. The molecule has 27 heavy (non-hydrogen) atoms. The third-order valence-corrected chi connectivity index (χ3v) is 6.29. The predicted molar refractivity (Wildman–Crippen MR) is 99.1 cm³/mol. The average Bonchev–Trinajstić information content (AvgIpc) is 3.49. The summed E-state index contributed by atoms with van der Waals surface area (Å²) in [5.74, 6) is -0.0564. The van der Waals surface area contributed by atoms with Gasteiger partial charge >= 0.3 is 0 Å². The fourth-order valence-electron chi connectivity index (χ4n) is 4.63. The van der Waals surface area contributed by atoms with Gasteiger partial charge in [0.2, 0.25) is 5.91 Å². The molecule has 1 spiro atoms. The highest BCUT2D eigenvalue weighted by atomic mass is 19.1. The first-order valence-corrected chi connectivity index (χ1v) is 9.96. The molecular weight excluding hydrogens is 347 g/mol. The van der Waals surface area contributed by atoms with Crippen LogP contribution in [0.4, 0.5) is 4.39 Å². The van der Waals surface area contributed by atoms with Crippen molar-refractivity contribution in [3.8, 4) is 5.75 Å². The summed E-state index contributed by atoms with van der Waals surface area (Å²) in [7, 11) is 1.39. The second kappa shape index (κ2) is 7.13. The molecule has 1 aliphatic heterocycles. The smallest absolute Gasteiger partial charge is 0.254 e. The molecule has 0 bridgehead atoms. The zero-order chi connectivity index (χ0) is 19.0. The Hall–Kier alpha value is -2.11. The lowest BCUT2D eigenvalue weighted by Gasteiger charge is -2.52. The summed E-state index contributed by atoms with van der Waals surface area (Å²) >= 11 is 0. The van der Waals surface area contributed by atoms with Crippen molar-refractivity contribution in [2.45, 2.75) is 50.5 Å². The summed E-state index contributed by atoms with van der Waals surface area (Å²) in [5, 5.41) is 0. The molecular formula is C21H27FN2O3. The number of carbonyl (C=O) groups excluding carboxylic acids is 2. The lowest BCUT2D eigenvalue weighted by molar-refractivity contribution is -0.147. The van der Waals surface area contributed by atoms with Crippen molar-refractivity contribution in [2.75, 3.05) is 26.7 Å². The Bertz CT molecular complexity index is 741. The summed E-state index contributed by atoms with van der Waals surface area (Å²) in [6, 6.07) is 4.23. The standard InChI is InChI=1S/C21H27FN2O3/c1-27-18-8-7-16(11-17(18)22)20(26)23-13-19(25)24(12-15-5-6-15)21(14-23)9-3-2-4-10-21/h7-8,11,15H,2-6,9-10,12-14H2,1H3. The summed E-state index contributed by atoms with van der Waals surface area (Å²) in [6.07, 6.45) is 7.67. The summed E-state index contributed by atoms with van der Waals surface area (Å²) in [6.45, 7) is 1.47. The quantitative estimate of drug-likeness (QED) is 0.813. The van der Waals surface area contributed by atoms with Gasteiger partial charge in [-0.3, -0.25) is 9.59 Å². The molecule has 0 atom stereocenters. The van der Waals surface area contributed by atoms with Crippen LogP contribution in [0.3, 0.4) is 0 Å². The normalized spacial score (nSPS) is 22.2. The molecule has 0 radical (unpaired) electrons. The van der Waals surface area contributed by atoms with E-state index >= 15 is 0 Å². The summed E-state index contributed by atoms with van der Waals surface area (Å²) in [4.78, 5) is 29.7. The van der Waals surface area contributed by atoms with Crippen LogP contribution in [-0.4, -0.2) is 53.9 Å². The second-order valence-electron chi connectivity index (χ2n) is 8.24. The average molecular weight is 374 g/mol. The molecule has 1 heterocycles. The number of methoxy groups -OCH3 is 1. The fraction of sp³-hybridized carbons (Fsp3) is 0.619. The second-order valence-corrected chi connectivity index (χ2v) is 8.24. The highest BCUT2D eigenvalue weighted by Gasteiger charge is 2.48. The van der Waals surface area contributed by atoms with Gasteiger partial charge in [0.25, 0.3) is 5.91 Å².